The fourth-order valence-electron chi connectivity index (χ4n) is 3.83. The SMILES string of the molecule is O=C(NCCCN1CCOCC1)Nc1ccc(Oc2ccnc3[nH]cc(C(F)(F)F)c23)c(OC(F)(F)F)c1. The number of nitrogens with zero attached hydrogens (tertiary/aromatic N) is 2. The third-order valence-corrected chi connectivity index (χ3v) is 5.53. The Morgan fingerprint density at radius 3 is 2.55 bits per heavy atom. The third kappa shape index (κ3) is 7.19. The summed E-state index contributed by atoms with van der Waals surface area (Å²) in [6.07, 6.45) is -7.43. The number of fused-ring (bicyclic) bond motifs is 1. The number of carbonyl (C=O) groups excluding carboxylic acids is 1. The van der Waals surface area contributed by atoms with Gasteiger partial charge in [0.1, 0.15) is 11.4 Å². The molecule has 15 heteroatoms. The third-order valence-electron chi connectivity index (χ3n) is 5.53. The first-order valence-corrected chi connectivity index (χ1v) is 11.5. The van der Waals surface area contributed by atoms with Gasteiger partial charge in [0.15, 0.2) is 11.5 Å². The number of urea groups is 1. The van der Waals surface area contributed by atoms with Crippen molar-refractivity contribution in [1.82, 2.24) is 20.2 Å². The van der Waals surface area contributed by atoms with Crippen LogP contribution < -0.4 is 20.1 Å². The number of aromatic nitrogens is 2. The van der Waals surface area contributed by atoms with Crippen molar-refractivity contribution in [2.75, 3.05) is 44.7 Å². The Labute approximate surface area is 212 Å². The van der Waals surface area contributed by atoms with Crippen LogP contribution in [0.25, 0.3) is 11.0 Å². The zero-order chi connectivity index (χ0) is 27.3. The molecule has 1 aromatic carbocycles. The van der Waals surface area contributed by atoms with Crippen LogP contribution in [0.15, 0.2) is 36.7 Å². The Morgan fingerprint density at radius 2 is 1.84 bits per heavy atom. The lowest BCUT2D eigenvalue weighted by atomic mass is 10.2. The number of carbonyl (C=O) groups is 1. The average molecular weight is 547 g/mol. The molecule has 4 rings (SSSR count). The monoisotopic (exact) mass is 547 g/mol. The predicted molar refractivity (Wildman–Crippen MR) is 123 cm³/mol. The van der Waals surface area contributed by atoms with Gasteiger partial charge in [-0.15, -0.1) is 13.2 Å². The molecule has 1 aliphatic heterocycles. The van der Waals surface area contributed by atoms with Crippen LogP contribution in [-0.2, 0) is 10.9 Å². The molecule has 0 unspecified atom stereocenters. The molecule has 3 N–H and O–H groups in total. The predicted octanol–water partition coefficient (Wildman–Crippen LogP) is 5.12. The summed E-state index contributed by atoms with van der Waals surface area (Å²) in [5, 5.41) is 4.55. The number of alkyl halides is 6. The van der Waals surface area contributed by atoms with Crippen LogP contribution in [0, 0.1) is 0 Å². The molecule has 2 amide bonds. The number of pyridine rings is 1. The van der Waals surface area contributed by atoms with Gasteiger partial charge in [0.25, 0.3) is 0 Å². The molecular weight excluding hydrogens is 524 g/mol. The van der Waals surface area contributed by atoms with Crippen LogP contribution in [0.3, 0.4) is 0 Å². The quantitative estimate of drug-likeness (QED) is 0.268. The maximum absolute atomic E-state index is 13.4. The first-order valence-electron chi connectivity index (χ1n) is 11.5. The summed E-state index contributed by atoms with van der Waals surface area (Å²) < 4.78 is 94.2. The zero-order valence-electron chi connectivity index (χ0n) is 19.7. The summed E-state index contributed by atoms with van der Waals surface area (Å²) in [5.41, 5.74) is -1.33. The maximum atomic E-state index is 13.4. The van der Waals surface area contributed by atoms with E-state index in [-0.39, 0.29) is 11.3 Å². The van der Waals surface area contributed by atoms with Gasteiger partial charge in [-0.05, 0) is 31.2 Å². The van der Waals surface area contributed by atoms with E-state index in [0.717, 1.165) is 44.0 Å². The lowest BCUT2D eigenvalue weighted by molar-refractivity contribution is -0.275. The number of nitrogens with one attached hydrogen (secondary N) is 3. The van der Waals surface area contributed by atoms with Crippen LogP contribution in [-0.4, -0.2) is 66.7 Å². The number of rotatable bonds is 8. The molecule has 0 atom stereocenters. The Bertz CT molecular complexity index is 1260. The molecule has 3 aromatic rings. The number of morpholine rings is 1. The first kappa shape index (κ1) is 27.3. The summed E-state index contributed by atoms with van der Waals surface area (Å²) in [5.74, 6) is -1.79. The van der Waals surface area contributed by atoms with Crippen LogP contribution in [0.5, 0.6) is 17.2 Å². The lowest BCUT2D eigenvalue weighted by Gasteiger charge is -2.26. The number of aromatic amines is 1. The van der Waals surface area contributed by atoms with Crippen molar-refractivity contribution >= 4 is 22.8 Å². The van der Waals surface area contributed by atoms with E-state index >= 15 is 0 Å². The fraction of sp³-hybridized carbons (Fsp3) is 0.391. The fourth-order valence-corrected chi connectivity index (χ4v) is 3.83. The standard InChI is InChI=1S/C23H23F6N5O4/c24-22(25,26)15-13-32-20-19(15)17(4-6-30-20)37-16-3-2-14(12-18(16)38-23(27,28)29)33-21(35)31-5-1-7-34-8-10-36-11-9-34/h2-4,6,12-13H,1,5,7-11H2,(H,30,32)(H2,31,33,35). The van der Waals surface area contributed by atoms with Gasteiger partial charge in [0.2, 0.25) is 0 Å². The molecule has 1 aliphatic rings. The van der Waals surface area contributed by atoms with Crippen molar-refractivity contribution in [1.29, 1.82) is 0 Å². The molecule has 9 nitrogen and oxygen atoms in total. The van der Waals surface area contributed by atoms with E-state index in [1.807, 2.05) is 0 Å². The van der Waals surface area contributed by atoms with Crippen molar-refractivity contribution in [2.24, 2.45) is 0 Å². The van der Waals surface area contributed by atoms with Gasteiger partial charge >= 0.3 is 18.6 Å². The van der Waals surface area contributed by atoms with Gasteiger partial charge in [0, 0.05) is 43.8 Å². The Kier molecular flexibility index (Phi) is 8.16. The van der Waals surface area contributed by atoms with E-state index in [1.165, 1.54) is 6.07 Å². The lowest BCUT2D eigenvalue weighted by Crippen LogP contribution is -2.38. The van der Waals surface area contributed by atoms with E-state index in [9.17, 15) is 31.1 Å². The minimum absolute atomic E-state index is 0.0558. The number of ether oxygens (including phenoxy) is 3. The highest BCUT2D eigenvalue weighted by molar-refractivity contribution is 5.90. The summed E-state index contributed by atoms with van der Waals surface area (Å²) in [6, 6.07) is 3.56. The molecule has 1 saturated heterocycles. The topological polar surface area (TPSA) is 101 Å². The second kappa shape index (κ2) is 11.3. The van der Waals surface area contributed by atoms with Crippen molar-refractivity contribution in [3.63, 3.8) is 0 Å². The van der Waals surface area contributed by atoms with E-state index in [4.69, 9.17) is 9.47 Å². The summed E-state index contributed by atoms with van der Waals surface area (Å²) in [6.45, 7) is 3.98. The van der Waals surface area contributed by atoms with Crippen molar-refractivity contribution in [2.45, 2.75) is 19.0 Å². The second-order valence-electron chi connectivity index (χ2n) is 8.23. The van der Waals surface area contributed by atoms with Gasteiger partial charge in [-0.25, -0.2) is 9.78 Å². The average Bonchev–Trinajstić information content (AvgIpc) is 3.29. The Hall–Kier alpha value is -3.72. The molecule has 38 heavy (non-hydrogen) atoms. The summed E-state index contributed by atoms with van der Waals surface area (Å²) in [4.78, 5) is 20.6. The number of hydrogen-bond acceptors (Lipinski definition) is 6. The van der Waals surface area contributed by atoms with Gasteiger partial charge < -0.3 is 29.8 Å². The molecule has 0 aliphatic carbocycles. The van der Waals surface area contributed by atoms with Crippen LogP contribution >= 0.6 is 0 Å². The highest BCUT2D eigenvalue weighted by Gasteiger charge is 2.36. The molecule has 3 heterocycles. The molecule has 0 saturated carbocycles. The number of H-pyrrole nitrogens is 1. The van der Waals surface area contributed by atoms with Crippen molar-refractivity contribution in [3.05, 3.63) is 42.2 Å². The van der Waals surface area contributed by atoms with Crippen LogP contribution in [0.4, 0.5) is 36.8 Å². The molecule has 0 radical (unpaired) electrons. The Morgan fingerprint density at radius 1 is 1.08 bits per heavy atom. The van der Waals surface area contributed by atoms with E-state index in [2.05, 4.69) is 30.2 Å². The van der Waals surface area contributed by atoms with Gasteiger partial charge in [-0.2, -0.15) is 13.2 Å². The highest BCUT2D eigenvalue weighted by atomic mass is 19.4. The van der Waals surface area contributed by atoms with Gasteiger partial charge in [-0.3, -0.25) is 4.90 Å². The Balaban J connectivity index is 1.47. The second-order valence-corrected chi connectivity index (χ2v) is 8.23. The van der Waals surface area contributed by atoms with E-state index in [1.54, 1.807) is 0 Å². The molecule has 1 fully saturated rings. The minimum atomic E-state index is -5.14. The summed E-state index contributed by atoms with van der Waals surface area (Å²) >= 11 is 0. The van der Waals surface area contributed by atoms with E-state index in [0.29, 0.717) is 32.4 Å². The normalized spacial score (nSPS) is 14.9. The number of hydrogen-bond donors (Lipinski definition) is 3. The largest absolute Gasteiger partial charge is 0.573 e. The molecule has 0 spiro atoms. The van der Waals surface area contributed by atoms with Crippen molar-refractivity contribution < 1.29 is 45.3 Å². The molecular formula is C23H23F6N5O4. The highest BCUT2D eigenvalue weighted by Crippen LogP contribution is 2.42. The minimum Gasteiger partial charge on any atom is -0.453 e. The van der Waals surface area contributed by atoms with Gasteiger partial charge in [0.05, 0.1) is 24.2 Å². The van der Waals surface area contributed by atoms with Crippen molar-refractivity contribution in [3.8, 4) is 17.2 Å². The first-order chi connectivity index (χ1) is 18.0. The number of halogens is 6. The molecule has 206 valence electrons. The van der Waals surface area contributed by atoms with E-state index < -0.39 is 46.8 Å². The smallest absolute Gasteiger partial charge is 0.453 e. The van der Waals surface area contributed by atoms with Crippen LogP contribution in [0.1, 0.15) is 12.0 Å². The number of benzene rings is 1. The molecule has 2 aromatic heterocycles. The number of anilines is 1. The maximum Gasteiger partial charge on any atom is 0.573 e. The van der Waals surface area contributed by atoms with Gasteiger partial charge in [-0.1, -0.05) is 0 Å². The number of amides is 2. The zero-order valence-corrected chi connectivity index (χ0v) is 19.7. The van der Waals surface area contributed by atoms with Crippen LogP contribution in [0.2, 0.25) is 0 Å². The summed E-state index contributed by atoms with van der Waals surface area (Å²) in [7, 11) is 0. The molecule has 0 bridgehead atoms.